The van der Waals surface area contributed by atoms with Crippen LogP contribution in [0.15, 0.2) is 51.6 Å². The molecule has 0 bridgehead atoms. The topological polar surface area (TPSA) is 80.2 Å². The molecule has 8 heteroatoms. The summed E-state index contributed by atoms with van der Waals surface area (Å²) in [6.07, 6.45) is 2.31. The van der Waals surface area contributed by atoms with Crippen LogP contribution in [0.5, 0.6) is 0 Å². The Hall–Kier alpha value is -2.58. The molecule has 3 heterocycles. The minimum absolute atomic E-state index is 0.0684. The zero-order valence-electron chi connectivity index (χ0n) is 18.7. The summed E-state index contributed by atoms with van der Waals surface area (Å²) in [4.78, 5) is 32.4. The first-order chi connectivity index (χ1) is 15.5. The van der Waals surface area contributed by atoms with E-state index in [0.29, 0.717) is 17.8 Å². The molecule has 0 unspecified atom stereocenters. The first-order valence-corrected chi connectivity index (χ1v) is 11.9. The number of carbonyl (C=O) groups excluding carboxylic acids is 2. The smallest absolute Gasteiger partial charge is 0.338 e. The van der Waals surface area contributed by atoms with E-state index in [9.17, 15) is 9.59 Å². The maximum atomic E-state index is 13.0. The van der Waals surface area contributed by atoms with Gasteiger partial charge in [0.05, 0.1) is 36.4 Å². The van der Waals surface area contributed by atoms with Crippen molar-refractivity contribution in [3.63, 3.8) is 0 Å². The molecule has 1 saturated heterocycles. The Kier molecular flexibility index (Phi) is 7.01. The monoisotopic (exact) mass is 455 g/mol. The van der Waals surface area contributed by atoms with Crippen molar-refractivity contribution in [2.45, 2.75) is 52.2 Å². The third-order valence-electron chi connectivity index (χ3n) is 5.87. The van der Waals surface area contributed by atoms with E-state index in [1.165, 1.54) is 11.8 Å². The fraction of sp³-hybridized carbons (Fsp3) is 0.458. The number of benzene rings is 1. The molecule has 1 fully saturated rings. The van der Waals surface area contributed by atoms with E-state index in [1.807, 2.05) is 48.4 Å². The van der Waals surface area contributed by atoms with Crippen molar-refractivity contribution < 1.29 is 19.1 Å². The minimum Gasteiger partial charge on any atom is -0.463 e. The van der Waals surface area contributed by atoms with E-state index in [1.54, 1.807) is 6.92 Å². The second kappa shape index (κ2) is 9.92. The minimum atomic E-state index is -0.394. The van der Waals surface area contributed by atoms with E-state index in [-0.39, 0.29) is 31.0 Å². The van der Waals surface area contributed by atoms with Gasteiger partial charge in [0.1, 0.15) is 0 Å². The molecule has 170 valence electrons. The standard InChI is InChI=1S/C24H29N3O4S/c1-4-30-23(29)21-16(3)26-24-27(22(21)19-10-6-5-8-15(19)2)17(14-32-24)12-20(28)25-13-18-9-7-11-31-18/h5-6,8,10,14,18,22H,4,7,9,11-13H2,1-3H3,(H,25,28)/t18-,22-/m1/s1. The van der Waals surface area contributed by atoms with Crippen molar-refractivity contribution >= 4 is 28.8 Å². The molecule has 0 aliphatic carbocycles. The summed E-state index contributed by atoms with van der Waals surface area (Å²) in [5.41, 5.74) is 4.04. The molecule has 1 amide bonds. The van der Waals surface area contributed by atoms with Gasteiger partial charge in [0, 0.05) is 18.8 Å². The van der Waals surface area contributed by atoms with Crippen molar-refractivity contribution in [2.24, 2.45) is 4.99 Å². The number of hydrogen-bond donors (Lipinski definition) is 1. The van der Waals surface area contributed by atoms with Gasteiger partial charge in [0.2, 0.25) is 5.91 Å². The molecule has 0 aromatic heterocycles. The number of hydrogen-bond acceptors (Lipinski definition) is 7. The van der Waals surface area contributed by atoms with Crippen molar-refractivity contribution in [2.75, 3.05) is 19.8 Å². The highest BCUT2D eigenvalue weighted by Gasteiger charge is 2.41. The third-order valence-corrected chi connectivity index (χ3v) is 6.76. The summed E-state index contributed by atoms with van der Waals surface area (Å²) in [6, 6.07) is 7.60. The summed E-state index contributed by atoms with van der Waals surface area (Å²) < 4.78 is 11.0. The fourth-order valence-corrected chi connectivity index (χ4v) is 5.25. The molecule has 1 N–H and O–H groups in total. The second-order valence-corrected chi connectivity index (χ2v) is 8.92. The summed E-state index contributed by atoms with van der Waals surface area (Å²) in [5, 5.41) is 5.72. The molecule has 7 nitrogen and oxygen atoms in total. The van der Waals surface area contributed by atoms with Gasteiger partial charge in [-0.1, -0.05) is 36.0 Å². The van der Waals surface area contributed by atoms with Crippen LogP contribution in [0.1, 0.15) is 50.3 Å². The van der Waals surface area contributed by atoms with Crippen LogP contribution < -0.4 is 5.32 Å². The van der Waals surface area contributed by atoms with Crippen LogP contribution in [0.2, 0.25) is 0 Å². The van der Waals surface area contributed by atoms with Gasteiger partial charge in [-0.05, 0) is 50.1 Å². The molecule has 1 aromatic rings. The Morgan fingerprint density at radius 2 is 2.12 bits per heavy atom. The lowest BCUT2D eigenvalue weighted by Crippen LogP contribution is -2.39. The lowest BCUT2D eigenvalue weighted by atomic mass is 9.91. The average molecular weight is 456 g/mol. The highest BCUT2D eigenvalue weighted by molar-refractivity contribution is 8.16. The third kappa shape index (κ3) is 4.61. The summed E-state index contributed by atoms with van der Waals surface area (Å²) >= 11 is 1.48. The average Bonchev–Trinajstić information content (AvgIpc) is 3.42. The number of amidine groups is 1. The molecular weight excluding hydrogens is 426 g/mol. The second-order valence-electron chi connectivity index (χ2n) is 8.09. The van der Waals surface area contributed by atoms with E-state index < -0.39 is 6.04 Å². The number of fused-ring (bicyclic) bond motifs is 1. The Morgan fingerprint density at radius 1 is 1.31 bits per heavy atom. The Balaban J connectivity index is 1.61. The number of nitrogens with one attached hydrogen (secondary N) is 1. The molecule has 2 atom stereocenters. The maximum absolute atomic E-state index is 13.0. The van der Waals surface area contributed by atoms with Crippen LogP contribution in [0.25, 0.3) is 0 Å². The molecule has 3 aliphatic rings. The summed E-state index contributed by atoms with van der Waals surface area (Å²) in [5.74, 6) is -0.443. The van der Waals surface area contributed by atoms with Crippen LogP contribution in [0.3, 0.4) is 0 Å². The zero-order valence-corrected chi connectivity index (χ0v) is 19.5. The number of allylic oxidation sites excluding steroid dienone is 1. The number of aryl methyl sites for hydroxylation is 1. The first kappa shape index (κ1) is 22.6. The Bertz CT molecular complexity index is 995. The van der Waals surface area contributed by atoms with Gasteiger partial charge in [0.15, 0.2) is 5.17 Å². The van der Waals surface area contributed by atoms with Gasteiger partial charge in [-0.25, -0.2) is 9.79 Å². The summed E-state index contributed by atoms with van der Waals surface area (Å²) in [7, 11) is 0. The Labute approximate surface area is 192 Å². The van der Waals surface area contributed by atoms with Crippen molar-refractivity contribution in [1.82, 2.24) is 10.2 Å². The number of aliphatic imine (C=N–C) groups is 1. The number of amides is 1. The van der Waals surface area contributed by atoms with E-state index in [4.69, 9.17) is 9.47 Å². The SMILES string of the molecule is CCOC(=O)C1=C(C)N=C2SC=C(CC(=O)NC[C@H]3CCCO3)N2[C@@H]1c1ccccc1C. The predicted molar refractivity (Wildman–Crippen MR) is 125 cm³/mol. The molecule has 0 spiro atoms. The van der Waals surface area contributed by atoms with Crippen LogP contribution >= 0.6 is 11.8 Å². The maximum Gasteiger partial charge on any atom is 0.338 e. The molecule has 4 rings (SSSR count). The lowest BCUT2D eigenvalue weighted by molar-refractivity contribution is -0.139. The van der Waals surface area contributed by atoms with Gasteiger partial charge < -0.3 is 19.7 Å². The molecule has 3 aliphatic heterocycles. The van der Waals surface area contributed by atoms with E-state index >= 15 is 0 Å². The number of thioether (sulfide) groups is 1. The van der Waals surface area contributed by atoms with Gasteiger partial charge in [0.25, 0.3) is 0 Å². The molecule has 0 saturated carbocycles. The van der Waals surface area contributed by atoms with Crippen LogP contribution in [-0.4, -0.2) is 47.8 Å². The lowest BCUT2D eigenvalue weighted by Gasteiger charge is -2.37. The van der Waals surface area contributed by atoms with Crippen molar-refractivity contribution in [3.8, 4) is 0 Å². The van der Waals surface area contributed by atoms with Crippen molar-refractivity contribution in [1.29, 1.82) is 0 Å². The highest BCUT2D eigenvalue weighted by Crippen LogP contribution is 2.45. The Morgan fingerprint density at radius 3 is 2.84 bits per heavy atom. The predicted octanol–water partition coefficient (Wildman–Crippen LogP) is 3.82. The molecule has 0 radical (unpaired) electrons. The van der Waals surface area contributed by atoms with Gasteiger partial charge >= 0.3 is 5.97 Å². The number of nitrogens with zero attached hydrogens (tertiary/aromatic N) is 2. The first-order valence-electron chi connectivity index (χ1n) is 11.0. The zero-order chi connectivity index (χ0) is 22.7. The van der Waals surface area contributed by atoms with Gasteiger partial charge in [-0.2, -0.15) is 0 Å². The fourth-order valence-electron chi connectivity index (χ4n) is 4.29. The largest absolute Gasteiger partial charge is 0.463 e. The van der Waals surface area contributed by atoms with E-state index in [0.717, 1.165) is 41.4 Å². The highest BCUT2D eigenvalue weighted by atomic mass is 32.2. The number of esters is 1. The van der Waals surface area contributed by atoms with Gasteiger partial charge in [-0.3, -0.25) is 4.79 Å². The quantitative estimate of drug-likeness (QED) is 0.630. The normalized spacial score (nSPS) is 22.4. The molecule has 1 aromatic carbocycles. The summed E-state index contributed by atoms with van der Waals surface area (Å²) in [6.45, 7) is 7.23. The van der Waals surface area contributed by atoms with E-state index in [2.05, 4.69) is 10.3 Å². The van der Waals surface area contributed by atoms with Crippen LogP contribution in [0, 0.1) is 6.92 Å². The van der Waals surface area contributed by atoms with Gasteiger partial charge in [-0.15, -0.1) is 0 Å². The molecule has 32 heavy (non-hydrogen) atoms. The van der Waals surface area contributed by atoms with Crippen molar-refractivity contribution in [3.05, 3.63) is 57.8 Å². The van der Waals surface area contributed by atoms with Crippen LogP contribution in [0.4, 0.5) is 0 Å². The van der Waals surface area contributed by atoms with Crippen LogP contribution in [-0.2, 0) is 19.1 Å². The number of carbonyl (C=O) groups is 2. The molecular formula is C24H29N3O4S. The number of rotatable bonds is 7. The number of ether oxygens (including phenoxy) is 2.